The van der Waals surface area contributed by atoms with Gasteiger partial charge in [0.25, 0.3) is 0 Å². The fraction of sp³-hybridized carbons (Fsp3) is 0.810. The average molecular weight is 523 g/mol. The Kier molecular flexibility index (Phi) is 8.89. The van der Waals surface area contributed by atoms with Gasteiger partial charge in [0.1, 0.15) is 11.6 Å². The number of hydrogen-bond acceptors (Lipinski definition) is 10. The molecule has 5 atom stereocenters. The molecule has 0 aromatic carbocycles. The third-order valence-corrected chi connectivity index (χ3v) is 8.45. The molecule has 2 rings (SSSR count). The van der Waals surface area contributed by atoms with E-state index in [9.17, 15) is 27.6 Å². The highest BCUT2D eigenvalue weighted by Crippen LogP contribution is 2.58. The summed E-state index contributed by atoms with van der Waals surface area (Å²) in [7, 11) is -3.90. The lowest BCUT2D eigenvalue weighted by Gasteiger charge is -2.32. The van der Waals surface area contributed by atoms with Crippen LogP contribution in [-0.4, -0.2) is 85.8 Å². The normalized spacial score (nSPS) is 27.6. The van der Waals surface area contributed by atoms with E-state index < -0.39 is 73.8 Å². The minimum absolute atomic E-state index is 0.0458. The van der Waals surface area contributed by atoms with Crippen LogP contribution in [0.3, 0.4) is 0 Å². The van der Waals surface area contributed by atoms with Crippen LogP contribution in [0.15, 0.2) is 0 Å². The third kappa shape index (κ3) is 6.15. The van der Waals surface area contributed by atoms with Crippen LogP contribution in [-0.2, 0) is 38.4 Å². The highest BCUT2D eigenvalue weighted by molar-refractivity contribution is 7.98. The van der Waals surface area contributed by atoms with Gasteiger partial charge in [0.15, 0.2) is 15.4 Å². The molecule has 2 fully saturated rings. The third-order valence-electron chi connectivity index (χ3n) is 5.53. The van der Waals surface area contributed by atoms with Gasteiger partial charge in [-0.05, 0) is 53.0 Å². The molecule has 2 N–H and O–H groups in total. The maximum Gasteiger partial charge on any atom is 0.408 e. The Labute approximate surface area is 204 Å². The van der Waals surface area contributed by atoms with Crippen molar-refractivity contribution in [2.45, 2.75) is 63.5 Å². The first-order valence-electron chi connectivity index (χ1n) is 11.1. The van der Waals surface area contributed by atoms with Crippen molar-refractivity contribution in [2.24, 2.45) is 11.8 Å². The van der Waals surface area contributed by atoms with E-state index in [-0.39, 0.29) is 19.6 Å². The van der Waals surface area contributed by atoms with Gasteiger partial charge in [-0.15, -0.1) is 0 Å². The van der Waals surface area contributed by atoms with Crippen LogP contribution >= 0.6 is 11.8 Å². The molecule has 1 aliphatic heterocycles. The molecule has 1 aliphatic carbocycles. The van der Waals surface area contributed by atoms with Crippen molar-refractivity contribution in [3.63, 3.8) is 0 Å². The molecule has 13 heteroatoms. The van der Waals surface area contributed by atoms with Gasteiger partial charge < -0.3 is 24.8 Å². The van der Waals surface area contributed by atoms with Crippen LogP contribution < -0.4 is 10.6 Å². The molecule has 0 aromatic rings. The summed E-state index contributed by atoms with van der Waals surface area (Å²) in [4.78, 5) is 51.0. The predicted molar refractivity (Wildman–Crippen MR) is 125 cm³/mol. The van der Waals surface area contributed by atoms with E-state index in [1.54, 1.807) is 34.6 Å². The minimum Gasteiger partial charge on any atom is -0.466 e. The standard InChI is InChI=1S/C21H34N2O9S2/c1-7-30-17(25)13-14-15(13)34(28,29)11-21(14,18(26)31-8-2)23-16(24)12(9-10-33-6)22-19(27)32-20(3,4)5/h12-15H,7-11H2,1-6H3,(H,22,27)(H,23,24)/t12?,13-,14-,15+,21+/m1/s1. The molecule has 1 saturated heterocycles. The number of sulfone groups is 1. The van der Waals surface area contributed by atoms with Crippen LogP contribution in [0.4, 0.5) is 4.79 Å². The lowest BCUT2D eigenvalue weighted by Crippen LogP contribution is -2.63. The van der Waals surface area contributed by atoms with Crippen LogP contribution in [0.5, 0.6) is 0 Å². The van der Waals surface area contributed by atoms with Crippen molar-refractivity contribution >= 4 is 45.5 Å². The quantitative estimate of drug-likeness (QED) is 0.309. The number of fused-ring (bicyclic) bond motifs is 1. The monoisotopic (exact) mass is 522 g/mol. The smallest absolute Gasteiger partial charge is 0.408 e. The topological polar surface area (TPSA) is 154 Å². The van der Waals surface area contributed by atoms with Crippen molar-refractivity contribution in [3.8, 4) is 0 Å². The molecule has 34 heavy (non-hydrogen) atoms. The van der Waals surface area contributed by atoms with Crippen molar-refractivity contribution in [2.75, 3.05) is 31.0 Å². The van der Waals surface area contributed by atoms with Gasteiger partial charge in [-0.2, -0.15) is 11.8 Å². The molecule has 1 heterocycles. The molecule has 0 bridgehead atoms. The van der Waals surface area contributed by atoms with Crippen molar-refractivity contribution < 1.29 is 41.8 Å². The Morgan fingerprint density at radius 1 is 1.12 bits per heavy atom. The van der Waals surface area contributed by atoms with Crippen LogP contribution in [0, 0.1) is 11.8 Å². The van der Waals surface area contributed by atoms with E-state index >= 15 is 0 Å². The number of hydrogen-bond donors (Lipinski definition) is 2. The Morgan fingerprint density at radius 2 is 1.74 bits per heavy atom. The minimum atomic E-state index is -3.90. The van der Waals surface area contributed by atoms with Gasteiger partial charge in [-0.1, -0.05) is 0 Å². The summed E-state index contributed by atoms with van der Waals surface area (Å²) in [6, 6.07) is -1.10. The van der Waals surface area contributed by atoms with Gasteiger partial charge in [-0.3, -0.25) is 9.59 Å². The largest absolute Gasteiger partial charge is 0.466 e. The first-order valence-corrected chi connectivity index (χ1v) is 14.2. The van der Waals surface area contributed by atoms with Gasteiger partial charge in [0.05, 0.1) is 30.1 Å². The van der Waals surface area contributed by atoms with Crippen molar-refractivity contribution in [1.29, 1.82) is 0 Å². The SMILES string of the molecule is CCOC(=O)[C@@H]1[C@@H]2[C@H]1S(=O)(=O)C[C@@]2(NC(=O)C(CCSC)NC(=O)OC(C)(C)C)C(=O)OCC. The highest BCUT2D eigenvalue weighted by Gasteiger charge is 2.79. The van der Waals surface area contributed by atoms with Gasteiger partial charge in [0, 0.05) is 5.92 Å². The van der Waals surface area contributed by atoms with Crippen molar-refractivity contribution in [1.82, 2.24) is 10.6 Å². The lowest BCUT2D eigenvalue weighted by molar-refractivity contribution is -0.154. The molecule has 0 aromatic heterocycles. The second-order valence-corrected chi connectivity index (χ2v) is 12.4. The number of thioether (sulfide) groups is 1. The Bertz CT molecular complexity index is 916. The van der Waals surface area contributed by atoms with E-state index in [0.717, 1.165) is 0 Å². The number of alkyl carbamates (subject to hydrolysis) is 1. The molecule has 0 spiro atoms. The maximum atomic E-state index is 13.3. The van der Waals surface area contributed by atoms with E-state index in [1.165, 1.54) is 11.8 Å². The van der Waals surface area contributed by atoms with Gasteiger partial charge in [0.2, 0.25) is 5.91 Å². The van der Waals surface area contributed by atoms with Crippen LogP contribution in [0.1, 0.15) is 41.0 Å². The second-order valence-electron chi connectivity index (χ2n) is 9.24. The van der Waals surface area contributed by atoms with E-state index in [1.807, 2.05) is 6.26 Å². The van der Waals surface area contributed by atoms with Crippen LogP contribution in [0.2, 0.25) is 0 Å². The first kappa shape index (κ1) is 28.2. The first-order chi connectivity index (χ1) is 15.7. The molecule has 11 nitrogen and oxygen atoms in total. The number of nitrogens with one attached hydrogen (secondary N) is 2. The van der Waals surface area contributed by atoms with Gasteiger partial charge in [-0.25, -0.2) is 18.0 Å². The molecule has 1 saturated carbocycles. The highest BCUT2D eigenvalue weighted by atomic mass is 32.2. The Morgan fingerprint density at radius 3 is 2.26 bits per heavy atom. The predicted octanol–water partition coefficient (Wildman–Crippen LogP) is 0.657. The maximum absolute atomic E-state index is 13.3. The fourth-order valence-electron chi connectivity index (χ4n) is 4.23. The molecule has 0 radical (unpaired) electrons. The summed E-state index contributed by atoms with van der Waals surface area (Å²) in [5, 5.41) is 3.90. The lowest BCUT2D eigenvalue weighted by atomic mass is 9.93. The molecular weight excluding hydrogens is 488 g/mol. The summed E-state index contributed by atoms with van der Waals surface area (Å²) in [5.74, 6) is -4.73. The number of ether oxygens (including phenoxy) is 3. The van der Waals surface area contributed by atoms with E-state index in [4.69, 9.17) is 14.2 Å². The number of esters is 2. The zero-order chi connectivity index (χ0) is 25.9. The summed E-state index contributed by atoms with van der Waals surface area (Å²) >= 11 is 1.44. The van der Waals surface area contributed by atoms with E-state index in [0.29, 0.717) is 5.75 Å². The number of amides is 2. The van der Waals surface area contributed by atoms with E-state index in [2.05, 4.69) is 10.6 Å². The summed E-state index contributed by atoms with van der Waals surface area (Å²) < 4.78 is 41.0. The number of carbonyl (C=O) groups is 4. The zero-order valence-corrected chi connectivity index (χ0v) is 22.0. The molecule has 2 aliphatic rings. The number of carbonyl (C=O) groups excluding carboxylic acids is 4. The Balaban J connectivity index is 2.35. The number of rotatable bonds is 10. The molecule has 1 unspecified atom stereocenters. The van der Waals surface area contributed by atoms with Crippen LogP contribution in [0.25, 0.3) is 0 Å². The molecular formula is C21H34N2O9S2. The second kappa shape index (κ2) is 10.7. The van der Waals surface area contributed by atoms with Crippen molar-refractivity contribution in [3.05, 3.63) is 0 Å². The molecule has 2 amide bonds. The molecule has 194 valence electrons. The fourth-order valence-corrected chi connectivity index (χ4v) is 7.40. The summed E-state index contributed by atoms with van der Waals surface area (Å²) in [5.41, 5.74) is -2.76. The zero-order valence-electron chi connectivity index (χ0n) is 20.3. The average Bonchev–Trinajstić information content (AvgIpc) is 3.42. The Hall–Kier alpha value is -2.02. The summed E-state index contributed by atoms with van der Waals surface area (Å²) in [6.45, 7) is 8.15. The van der Waals surface area contributed by atoms with Gasteiger partial charge >= 0.3 is 18.0 Å². The summed E-state index contributed by atoms with van der Waals surface area (Å²) in [6.07, 6.45) is 1.20.